The van der Waals surface area contributed by atoms with Crippen LogP contribution in [0.2, 0.25) is 0 Å². The normalized spacial score (nSPS) is 17.5. The van der Waals surface area contributed by atoms with Crippen molar-refractivity contribution >= 4 is 28.9 Å². The second kappa shape index (κ2) is 15.1. The van der Waals surface area contributed by atoms with Gasteiger partial charge in [0.15, 0.2) is 6.04 Å². The summed E-state index contributed by atoms with van der Waals surface area (Å²) in [5.74, 6) is -0.793. The molecule has 4 rings (SSSR count). The molecule has 2 heterocycles. The molecule has 1 fully saturated rings. The van der Waals surface area contributed by atoms with Gasteiger partial charge >= 0.3 is 18.0 Å². The molecule has 0 radical (unpaired) electrons. The Hall–Kier alpha value is -3.96. The highest BCUT2D eigenvalue weighted by Crippen LogP contribution is 2.46. The Bertz CT molecular complexity index is 1620. The second-order valence-corrected chi connectivity index (χ2v) is 14.2. The lowest BCUT2D eigenvalue weighted by molar-refractivity contribution is -0.145. The summed E-state index contributed by atoms with van der Waals surface area (Å²) in [5.41, 5.74) is 5.23. The summed E-state index contributed by atoms with van der Waals surface area (Å²) in [6.07, 6.45) is 2.16. The zero-order chi connectivity index (χ0) is 35.4. The Morgan fingerprint density at radius 2 is 1.83 bits per heavy atom. The lowest BCUT2D eigenvalue weighted by Crippen LogP contribution is -2.46. The van der Waals surface area contributed by atoms with Gasteiger partial charge in [-0.25, -0.2) is 9.59 Å². The molecule has 2 aromatic heterocycles. The molecule has 262 valence electrons. The lowest BCUT2D eigenvalue weighted by atomic mass is 9.84. The highest BCUT2D eigenvalue weighted by Gasteiger charge is 2.41. The summed E-state index contributed by atoms with van der Waals surface area (Å²) in [4.78, 5) is 41.3. The minimum absolute atomic E-state index is 0.0389. The van der Waals surface area contributed by atoms with Crippen LogP contribution in [-0.4, -0.2) is 72.8 Å². The first kappa shape index (κ1) is 36.9. The molecule has 0 unspecified atom stereocenters. The number of benzene rings is 1. The van der Waals surface area contributed by atoms with Gasteiger partial charge in [0.2, 0.25) is 0 Å². The van der Waals surface area contributed by atoms with E-state index in [-0.39, 0.29) is 42.7 Å². The number of carbonyl (C=O) groups excluding carboxylic acids is 3. The largest absolute Gasteiger partial charge is 0.467 e. The van der Waals surface area contributed by atoms with Crippen molar-refractivity contribution in [1.29, 1.82) is 0 Å². The zero-order valence-corrected chi connectivity index (χ0v) is 30.0. The Morgan fingerprint density at radius 3 is 2.46 bits per heavy atom. The van der Waals surface area contributed by atoms with Gasteiger partial charge in [0.1, 0.15) is 5.60 Å². The number of rotatable bonds is 14. The quantitative estimate of drug-likeness (QED) is 0.152. The van der Waals surface area contributed by atoms with Crippen molar-refractivity contribution in [2.75, 3.05) is 27.4 Å². The lowest BCUT2D eigenvalue weighted by Gasteiger charge is -2.25. The molecule has 1 aromatic carbocycles. The number of aryl methyl sites for hydroxylation is 1. The van der Waals surface area contributed by atoms with Crippen LogP contribution >= 0.6 is 0 Å². The number of amides is 1. The van der Waals surface area contributed by atoms with Gasteiger partial charge in [-0.15, -0.1) is 0 Å². The number of ether oxygens (including phenoxy) is 5. The van der Waals surface area contributed by atoms with Crippen LogP contribution in [0.3, 0.4) is 0 Å². The van der Waals surface area contributed by atoms with E-state index in [0.717, 1.165) is 51.9 Å². The molecule has 0 bridgehead atoms. The van der Waals surface area contributed by atoms with E-state index in [9.17, 15) is 14.4 Å². The van der Waals surface area contributed by atoms with Crippen LogP contribution in [-0.2, 0) is 46.2 Å². The number of methoxy groups -OCH3 is 2. The molecule has 3 aromatic rings. The number of aromatic nitrogens is 2. The van der Waals surface area contributed by atoms with Gasteiger partial charge in [-0.1, -0.05) is 19.9 Å². The van der Waals surface area contributed by atoms with E-state index in [4.69, 9.17) is 28.7 Å². The molecule has 1 N–H and O–H groups in total. The average molecular weight is 666 g/mol. The summed E-state index contributed by atoms with van der Waals surface area (Å²) in [6.45, 7) is 16.0. The van der Waals surface area contributed by atoms with E-state index in [1.165, 1.54) is 14.0 Å². The van der Waals surface area contributed by atoms with Gasteiger partial charge < -0.3 is 33.6 Å². The minimum Gasteiger partial charge on any atom is -0.467 e. The fourth-order valence-corrected chi connectivity index (χ4v) is 6.05. The van der Waals surface area contributed by atoms with Crippen LogP contribution in [0.5, 0.6) is 0 Å². The molecule has 1 saturated carbocycles. The maximum absolute atomic E-state index is 12.4. The molecule has 1 aliphatic rings. The molecular formula is C37H51N3O8. The third kappa shape index (κ3) is 8.93. The smallest absolute Gasteiger partial charge is 0.408 e. The monoisotopic (exact) mass is 665 g/mol. The Labute approximate surface area is 283 Å². The molecule has 11 nitrogen and oxygen atoms in total. The summed E-state index contributed by atoms with van der Waals surface area (Å²) in [6, 6.07) is 9.58. The first-order chi connectivity index (χ1) is 22.6. The van der Waals surface area contributed by atoms with E-state index in [2.05, 4.69) is 54.9 Å². The first-order valence-electron chi connectivity index (χ1n) is 16.5. The number of alkyl carbamates (subject to hydrolysis) is 1. The van der Waals surface area contributed by atoms with E-state index in [1.54, 1.807) is 34.1 Å². The van der Waals surface area contributed by atoms with Crippen molar-refractivity contribution in [1.82, 2.24) is 14.9 Å². The Morgan fingerprint density at radius 1 is 1.10 bits per heavy atom. The van der Waals surface area contributed by atoms with E-state index >= 15 is 0 Å². The third-order valence-corrected chi connectivity index (χ3v) is 8.48. The summed E-state index contributed by atoms with van der Waals surface area (Å²) in [7, 11) is 2.95. The molecule has 0 saturated heterocycles. The van der Waals surface area contributed by atoms with E-state index in [0.29, 0.717) is 6.42 Å². The number of hydrogen-bond acceptors (Lipinski definition) is 9. The van der Waals surface area contributed by atoms with Crippen molar-refractivity contribution in [2.24, 2.45) is 5.41 Å². The number of fused-ring (bicyclic) bond motifs is 1. The Kier molecular flexibility index (Phi) is 11.6. The van der Waals surface area contributed by atoms with Crippen LogP contribution in [0.1, 0.15) is 90.7 Å². The molecule has 1 amide bonds. The molecule has 0 aliphatic heterocycles. The average Bonchev–Trinajstić information content (AvgIpc) is 3.75. The SMILES string of the molecule is CCn1c(-c2cccnc2[C@H](C)OC)c(CC(C)(C)COC(C)=O)c2cc([C@@H]3C[C@H]3OC[C@H](NC(=O)OC(C)(C)C)C(=O)OC)ccc21. The molecule has 11 heteroatoms. The van der Waals surface area contributed by atoms with Gasteiger partial charge in [0.25, 0.3) is 0 Å². The van der Waals surface area contributed by atoms with Gasteiger partial charge in [0.05, 0.1) is 43.9 Å². The summed E-state index contributed by atoms with van der Waals surface area (Å²) < 4.78 is 29.9. The number of carbonyl (C=O) groups is 3. The first-order valence-corrected chi connectivity index (χ1v) is 16.5. The number of pyridine rings is 1. The van der Waals surface area contributed by atoms with Crippen LogP contribution in [0.4, 0.5) is 4.79 Å². The molecule has 1 aliphatic carbocycles. The predicted octanol–water partition coefficient (Wildman–Crippen LogP) is 6.50. The highest BCUT2D eigenvalue weighted by atomic mass is 16.6. The van der Waals surface area contributed by atoms with Crippen LogP contribution in [0, 0.1) is 5.41 Å². The second-order valence-electron chi connectivity index (χ2n) is 14.2. The fraction of sp³-hybridized carbons (Fsp3) is 0.568. The fourth-order valence-electron chi connectivity index (χ4n) is 6.05. The minimum atomic E-state index is -0.996. The van der Waals surface area contributed by atoms with Gasteiger partial charge in [-0.2, -0.15) is 0 Å². The van der Waals surface area contributed by atoms with Gasteiger partial charge in [-0.05, 0) is 82.9 Å². The van der Waals surface area contributed by atoms with Crippen LogP contribution in [0.15, 0.2) is 36.5 Å². The maximum atomic E-state index is 12.4. The van der Waals surface area contributed by atoms with Crippen molar-refractivity contribution in [2.45, 2.75) is 105 Å². The molecule has 48 heavy (non-hydrogen) atoms. The third-order valence-electron chi connectivity index (χ3n) is 8.48. The molecule has 0 spiro atoms. The van der Waals surface area contributed by atoms with Crippen LogP contribution < -0.4 is 5.32 Å². The predicted molar refractivity (Wildman–Crippen MR) is 183 cm³/mol. The Balaban J connectivity index is 1.69. The van der Waals surface area contributed by atoms with Crippen LogP contribution in [0.25, 0.3) is 22.2 Å². The van der Waals surface area contributed by atoms with E-state index < -0.39 is 23.7 Å². The number of nitrogens with zero attached hydrogens (tertiary/aromatic N) is 2. The maximum Gasteiger partial charge on any atom is 0.408 e. The topological polar surface area (TPSA) is 127 Å². The van der Waals surface area contributed by atoms with Crippen molar-refractivity contribution in [3.8, 4) is 11.3 Å². The number of nitrogens with one attached hydrogen (secondary N) is 1. The van der Waals surface area contributed by atoms with Crippen molar-refractivity contribution < 1.29 is 38.1 Å². The molecular weight excluding hydrogens is 614 g/mol. The summed E-state index contributed by atoms with van der Waals surface area (Å²) in [5, 5.41) is 3.69. The summed E-state index contributed by atoms with van der Waals surface area (Å²) >= 11 is 0. The number of esters is 2. The van der Waals surface area contributed by atoms with Crippen molar-refractivity contribution in [3.05, 3.63) is 53.3 Å². The van der Waals surface area contributed by atoms with Gasteiger partial charge in [0, 0.05) is 54.6 Å². The van der Waals surface area contributed by atoms with Crippen molar-refractivity contribution in [3.63, 3.8) is 0 Å². The zero-order valence-electron chi connectivity index (χ0n) is 30.0. The van der Waals surface area contributed by atoms with Gasteiger partial charge in [-0.3, -0.25) is 9.78 Å². The highest BCUT2D eigenvalue weighted by molar-refractivity contribution is 5.93. The van der Waals surface area contributed by atoms with E-state index in [1.807, 2.05) is 13.0 Å². The molecule has 4 atom stereocenters. The standard InChI is InChI=1S/C37H51N3O8/c1-11-40-30-15-14-24(26-18-31(26)46-20-29(34(42)45-10)39-35(43)48-36(4,5)6)17-27(30)28(19-37(7,8)21-47-23(3)41)33(40)25-13-12-16-38-32(25)22(2)44-9/h12-17,22,26,29,31H,11,18-21H2,1-10H3,(H,39,43)/t22-,26-,29-,31+/m0/s1. The number of hydrogen-bond donors (Lipinski definition) is 1.